The van der Waals surface area contributed by atoms with E-state index in [1.807, 2.05) is 31.2 Å². The molecule has 0 radical (unpaired) electrons. The smallest absolute Gasteiger partial charge is 0.225 e. The van der Waals surface area contributed by atoms with Crippen LogP contribution in [0.5, 0.6) is 0 Å². The van der Waals surface area contributed by atoms with Gasteiger partial charge in [0.25, 0.3) is 0 Å². The number of hydrogen-bond acceptors (Lipinski definition) is 3. The summed E-state index contributed by atoms with van der Waals surface area (Å²) in [6, 6.07) is 7.93. The molecule has 1 atom stereocenters. The van der Waals surface area contributed by atoms with Gasteiger partial charge in [-0.1, -0.05) is 28.1 Å². The van der Waals surface area contributed by atoms with E-state index in [0.29, 0.717) is 0 Å². The summed E-state index contributed by atoms with van der Waals surface area (Å²) in [7, 11) is 0. The highest BCUT2D eigenvalue weighted by Gasteiger charge is 2.19. The zero-order valence-corrected chi connectivity index (χ0v) is 9.34. The van der Waals surface area contributed by atoms with Gasteiger partial charge in [0.15, 0.2) is 0 Å². The lowest BCUT2D eigenvalue weighted by Crippen LogP contribution is -2.32. The minimum absolute atomic E-state index is 0.427. The Balaban J connectivity index is 2.36. The summed E-state index contributed by atoms with van der Waals surface area (Å²) >= 11 is 3.41. The van der Waals surface area contributed by atoms with Crippen LogP contribution in [0, 0.1) is 0 Å². The van der Waals surface area contributed by atoms with Crippen molar-refractivity contribution in [3.05, 3.63) is 40.0 Å². The van der Waals surface area contributed by atoms with Crippen molar-refractivity contribution >= 4 is 21.7 Å². The summed E-state index contributed by atoms with van der Waals surface area (Å²) in [6.45, 7) is 1.95. The van der Waals surface area contributed by atoms with Crippen molar-refractivity contribution in [2.45, 2.75) is 13.3 Å². The molecule has 0 fully saturated rings. The first-order chi connectivity index (χ1) is 6.66. The van der Waals surface area contributed by atoms with Gasteiger partial charge >= 0.3 is 0 Å². The van der Waals surface area contributed by atoms with Gasteiger partial charge in [0.05, 0.1) is 5.70 Å². The Morgan fingerprint density at radius 3 is 2.86 bits per heavy atom. The van der Waals surface area contributed by atoms with E-state index in [9.17, 15) is 0 Å². The number of rotatable bonds is 1. The van der Waals surface area contributed by atoms with E-state index in [4.69, 9.17) is 10.5 Å². The molecule has 3 nitrogen and oxygen atoms in total. The summed E-state index contributed by atoms with van der Waals surface area (Å²) in [5.41, 5.74) is 7.60. The van der Waals surface area contributed by atoms with E-state index in [1.54, 1.807) is 0 Å². The molecule has 4 heteroatoms. The molecule has 1 heterocycles. The zero-order chi connectivity index (χ0) is 10.1. The number of ether oxygens (including phenoxy) is 1. The second-order valence-electron chi connectivity index (χ2n) is 3.15. The second kappa shape index (κ2) is 3.63. The standard InChI is InChI=1S/C10H11BrN2O/c1-6-9(14-10(12)13-6)7-3-2-4-8(11)5-7/h2-5,10,13H,12H2,1H3. The van der Waals surface area contributed by atoms with Crippen molar-refractivity contribution in [3.8, 4) is 0 Å². The molecule has 0 saturated carbocycles. The van der Waals surface area contributed by atoms with E-state index >= 15 is 0 Å². The highest BCUT2D eigenvalue weighted by molar-refractivity contribution is 9.10. The van der Waals surface area contributed by atoms with Gasteiger partial charge in [0.2, 0.25) is 6.35 Å². The van der Waals surface area contributed by atoms with E-state index in [-0.39, 0.29) is 0 Å². The third-order valence-corrected chi connectivity index (χ3v) is 2.52. The van der Waals surface area contributed by atoms with Crippen LogP contribution in [0.4, 0.5) is 0 Å². The van der Waals surface area contributed by atoms with Gasteiger partial charge in [-0.2, -0.15) is 0 Å². The normalized spacial score (nSPS) is 20.6. The monoisotopic (exact) mass is 254 g/mol. The average Bonchev–Trinajstić information content (AvgIpc) is 2.45. The molecule has 1 aromatic carbocycles. The minimum atomic E-state index is -0.427. The fourth-order valence-corrected chi connectivity index (χ4v) is 1.84. The van der Waals surface area contributed by atoms with Crippen LogP contribution in [0.2, 0.25) is 0 Å². The van der Waals surface area contributed by atoms with Gasteiger partial charge in [-0.25, -0.2) is 0 Å². The first-order valence-corrected chi connectivity index (χ1v) is 5.12. The zero-order valence-electron chi connectivity index (χ0n) is 7.75. The van der Waals surface area contributed by atoms with Gasteiger partial charge in [-0.05, 0) is 19.1 Å². The van der Waals surface area contributed by atoms with Crippen LogP contribution in [0.25, 0.3) is 5.76 Å². The van der Waals surface area contributed by atoms with Crippen molar-refractivity contribution < 1.29 is 4.74 Å². The van der Waals surface area contributed by atoms with Crippen LogP contribution in [0.1, 0.15) is 12.5 Å². The van der Waals surface area contributed by atoms with Crippen LogP contribution < -0.4 is 11.1 Å². The van der Waals surface area contributed by atoms with Gasteiger partial charge < -0.3 is 10.1 Å². The van der Waals surface area contributed by atoms with Gasteiger partial charge in [-0.3, -0.25) is 5.73 Å². The third kappa shape index (κ3) is 1.76. The molecule has 2 rings (SSSR count). The molecule has 74 valence electrons. The number of benzene rings is 1. The van der Waals surface area contributed by atoms with Gasteiger partial charge in [-0.15, -0.1) is 0 Å². The molecule has 3 N–H and O–H groups in total. The summed E-state index contributed by atoms with van der Waals surface area (Å²) in [6.07, 6.45) is -0.427. The van der Waals surface area contributed by atoms with E-state index in [0.717, 1.165) is 21.5 Å². The lowest BCUT2D eigenvalue weighted by Gasteiger charge is -2.07. The molecule has 0 spiro atoms. The second-order valence-corrected chi connectivity index (χ2v) is 4.06. The fourth-order valence-electron chi connectivity index (χ4n) is 1.44. The highest BCUT2D eigenvalue weighted by Crippen LogP contribution is 2.26. The topological polar surface area (TPSA) is 47.3 Å². The van der Waals surface area contributed by atoms with Crippen LogP contribution in [0.3, 0.4) is 0 Å². The molecule has 0 aliphatic carbocycles. The molecule has 1 aliphatic heterocycles. The van der Waals surface area contributed by atoms with Crippen molar-refractivity contribution in [3.63, 3.8) is 0 Å². The van der Waals surface area contributed by atoms with E-state index in [1.165, 1.54) is 0 Å². The predicted octanol–water partition coefficient (Wildman–Crippen LogP) is 2.00. The fraction of sp³-hybridized carbons (Fsp3) is 0.200. The maximum atomic E-state index is 5.60. The molecular formula is C10H11BrN2O. The van der Waals surface area contributed by atoms with Gasteiger partial charge in [0.1, 0.15) is 5.76 Å². The largest absolute Gasteiger partial charge is 0.455 e. The summed E-state index contributed by atoms with van der Waals surface area (Å²) in [4.78, 5) is 0. The Labute approximate surface area is 91.1 Å². The lowest BCUT2D eigenvalue weighted by atomic mass is 10.1. The molecule has 0 bridgehead atoms. The predicted molar refractivity (Wildman–Crippen MR) is 58.9 cm³/mol. The summed E-state index contributed by atoms with van der Waals surface area (Å²) < 4.78 is 6.47. The Morgan fingerprint density at radius 2 is 2.29 bits per heavy atom. The van der Waals surface area contributed by atoms with Crippen LogP contribution in [-0.2, 0) is 4.74 Å². The summed E-state index contributed by atoms with van der Waals surface area (Å²) in [5, 5.41) is 3.00. The van der Waals surface area contributed by atoms with Crippen LogP contribution >= 0.6 is 15.9 Å². The minimum Gasteiger partial charge on any atom is -0.455 e. The van der Waals surface area contributed by atoms with Crippen LogP contribution in [-0.4, -0.2) is 6.35 Å². The molecule has 0 amide bonds. The molecule has 1 unspecified atom stereocenters. The number of nitrogens with two attached hydrogens (primary N) is 1. The molecule has 0 saturated heterocycles. The molecule has 1 aliphatic rings. The van der Waals surface area contributed by atoms with Crippen molar-refractivity contribution in [1.29, 1.82) is 0 Å². The van der Waals surface area contributed by atoms with Crippen molar-refractivity contribution in [2.24, 2.45) is 5.73 Å². The molecule has 0 aromatic heterocycles. The molecule has 1 aromatic rings. The molecule has 14 heavy (non-hydrogen) atoms. The number of hydrogen-bond donors (Lipinski definition) is 2. The number of halogens is 1. The SMILES string of the molecule is CC1=C(c2cccc(Br)c2)OC(N)N1. The maximum absolute atomic E-state index is 5.60. The van der Waals surface area contributed by atoms with Gasteiger partial charge in [0, 0.05) is 10.0 Å². The highest BCUT2D eigenvalue weighted by atomic mass is 79.9. The maximum Gasteiger partial charge on any atom is 0.225 e. The molecular weight excluding hydrogens is 244 g/mol. The Hall–Kier alpha value is -1.00. The quantitative estimate of drug-likeness (QED) is 0.806. The third-order valence-electron chi connectivity index (χ3n) is 2.03. The summed E-state index contributed by atoms with van der Waals surface area (Å²) in [5.74, 6) is 0.818. The van der Waals surface area contributed by atoms with Crippen molar-refractivity contribution in [1.82, 2.24) is 5.32 Å². The van der Waals surface area contributed by atoms with Crippen molar-refractivity contribution in [2.75, 3.05) is 0 Å². The van der Waals surface area contributed by atoms with E-state index in [2.05, 4.69) is 21.2 Å². The lowest BCUT2D eigenvalue weighted by molar-refractivity contribution is 0.178. The first kappa shape index (κ1) is 9.55. The van der Waals surface area contributed by atoms with E-state index < -0.39 is 6.35 Å². The Bertz CT molecular complexity index is 389. The average molecular weight is 255 g/mol. The first-order valence-electron chi connectivity index (χ1n) is 4.32. The number of allylic oxidation sites excluding steroid dienone is 1. The number of nitrogens with one attached hydrogen (secondary N) is 1. The Morgan fingerprint density at radius 1 is 1.50 bits per heavy atom. The van der Waals surface area contributed by atoms with Crippen LogP contribution in [0.15, 0.2) is 34.4 Å². The Kier molecular flexibility index (Phi) is 2.48.